The smallest absolute Gasteiger partial charge is 0.305 e. The van der Waals surface area contributed by atoms with Gasteiger partial charge < -0.3 is 15.7 Å². The number of hydrogen-bond acceptors (Lipinski definition) is 6. The van der Waals surface area contributed by atoms with Crippen molar-refractivity contribution in [3.8, 4) is 0 Å². The number of nitrogens with one attached hydrogen (secondary N) is 2. The maximum Gasteiger partial charge on any atom is 0.305 e. The van der Waals surface area contributed by atoms with Crippen molar-refractivity contribution in [1.82, 2.24) is 10.3 Å². The molecule has 5 N–H and O–H groups in total. The second-order valence-electron chi connectivity index (χ2n) is 8.89. The molecule has 0 spiro atoms. The lowest BCUT2D eigenvalue weighted by Crippen LogP contribution is -2.64. The van der Waals surface area contributed by atoms with Gasteiger partial charge in [-0.25, -0.2) is 0 Å². The first kappa shape index (κ1) is 24.5. The van der Waals surface area contributed by atoms with E-state index in [4.69, 9.17) is 11.1 Å². The number of para-hydroxylation sites is 2. The first-order valence-corrected chi connectivity index (χ1v) is 11.8. The number of nitrogens with two attached hydrogens (primary N) is 1. The average molecular weight is 513 g/mol. The molecule has 1 atom stereocenters. The Hall–Kier alpha value is -5.19. The molecule has 0 saturated carbocycles. The van der Waals surface area contributed by atoms with Crippen molar-refractivity contribution in [3.05, 3.63) is 95.1 Å². The van der Waals surface area contributed by atoms with Gasteiger partial charge in [-0.1, -0.05) is 36.4 Å². The van der Waals surface area contributed by atoms with Crippen LogP contribution < -0.4 is 21.1 Å². The Morgan fingerprint density at radius 2 is 1.47 bits per heavy atom. The third-order valence-corrected chi connectivity index (χ3v) is 6.55. The van der Waals surface area contributed by atoms with Crippen molar-refractivity contribution in [3.63, 3.8) is 0 Å². The van der Waals surface area contributed by atoms with Crippen LogP contribution in [0.2, 0.25) is 0 Å². The molecule has 0 aliphatic carbocycles. The number of carboxylic acid groups (broad SMARTS) is 1. The van der Waals surface area contributed by atoms with Crippen LogP contribution in [0.4, 0.5) is 11.4 Å². The van der Waals surface area contributed by atoms with E-state index in [1.165, 1.54) is 21.9 Å². The van der Waals surface area contributed by atoms with Crippen molar-refractivity contribution >= 4 is 40.9 Å². The molecule has 0 bridgehead atoms. The predicted molar refractivity (Wildman–Crippen MR) is 139 cm³/mol. The van der Waals surface area contributed by atoms with Crippen LogP contribution in [0.5, 0.6) is 0 Å². The quantitative estimate of drug-likeness (QED) is 0.290. The third kappa shape index (κ3) is 4.30. The molecule has 0 saturated heterocycles. The number of hydrazine groups is 1. The molecule has 0 fully saturated rings. The van der Waals surface area contributed by atoms with Gasteiger partial charge >= 0.3 is 5.97 Å². The highest BCUT2D eigenvalue weighted by Gasteiger charge is 2.44. The van der Waals surface area contributed by atoms with E-state index in [0.717, 1.165) is 0 Å². The zero-order chi connectivity index (χ0) is 27.0. The van der Waals surface area contributed by atoms with Crippen molar-refractivity contribution in [2.45, 2.75) is 12.6 Å². The highest BCUT2D eigenvalue weighted by atomic mass is 16.4. The van der Waals surface area contributed by atoms with E-state index in [2.05, 4.69) is 5.43 Å². The molecule has 3 aromatic carbocycles. The van der Waals surface area contributed by atoms with E-state index >= 15 is 0 Å². The minimum absolute atomic E-state index is 0.0512. The van der Waals surface area contributed by atoms with Crippen LogP contribution >= 0.6 is 0 Å². The minimum Gasteiger partial charge on any atom is -0.481 e. The summed E-state index contributed by atoms with van der Waals surface area (Å²) in [4.78, 5) is 54.8. The summed E-state index contributed by atoms with van der Waals surface area (Å²) in [5, 5.41) is 18.4. The van der Waals surface area contributed by atoms with E-state index in [1.807, 2.05) is 0 Å². The fourth-order valence-corrected chi connectivity index (χ4v) is 4.69. The van der Waals surface area contributed by atoms with Crippen LogP contribution in [0.1, 0.15) is 43.1 Å². The Bertz CT molecular complexity index is 1470. The maximum atomic E-state index is 13.8. The van der Waals surface area contributed by atoms with E-state index in [-0.39, 0.29) is 36.8 Å². The Balaban J connectivity index is 1.59. The van der Waals surface area contributed by atoms with E-state index in [0.29, 0.717) is 28.1 Å². The minimum atomic E-state index is -1.06. The lowest BCUT2D eigenvalue weighted by Gasteiger charge is -2.45. The number of rotatable bonds is 6. The molecule has 3 aromatic rings. The van der Waals surface area contributed by atoms with Gasteiger partial charge in [-0.3, -0.25) is 39.9 Å². The summed E-state index contributed by atoms with van der Waals surface area (Å²) >= 11 is 0. The number of nitrogens with zero attached hydrogens (tertiary/aromatic N) is 3. The molecule has 0 aromatic heterocycles. The number of amides is 3. The second kappa shape index (κ2) is 9.69. The number of nitrogen functional groups attached to an aromatic ring is 1. The fraction of sp³-hybridized carbons (Fsp3) is 0.148. The normalized spacial score (nSPS) is 16.2. The number of carboxylic acids is 1. The summed E-state index contributed by atoms with van der Waals surface area (Å²) < 4.78 is 0. The number of carbonyl (C=O) groups is 4. The largest absolute Gasteiger partial charge is 0.481 e. The molecule has 2 heterocycles. The molecular formula is C27H24N6O5. The summed E-state index contributed by atoms with van der Waals surface area (Å²) in [6, 6.07) is 19.6. The Morgan fingerprint density at radius 1 is 0.895 bits per heavy atom. The van der Waals surface area contributed by atoms with Crippen LogP contribution in [0, 0.1) is 5.41 Å². The van der Waals surface area contributed by atoms with Gasteiger partial charge in [0.15, 0.2) is 0 Å². The molecule has 1 unspecified atom stereocenters. The number of fused-ring (bicyclic) bond motifs is 4. The number of benzene rings is 3. The van der Waals surface area contributed by atoms with Crippen LogP contribution in [-0.2, 0) is 4.79 Å². The average Bonchev–Trinajstić information content (AvgIpc) is 3.04. The van der Waals surface area contributed by atoms with Gasteiger partial charge in [0.05, 0.1) is 35.5 Å². The van der Waals surface area contributed by atoms with Crippen LogP contribution in [0.15, 0.2) is 72.8 Å². The zero-order valence-corrected chi connectivity index (χ0v) is 20.1. The standard InChI is InChI=1S/C27H24N6O5/c28-24(29)16-9-11-17(12-10-16)25(36)30-33-21-8-4-2-6-19(21)27(38)32-20-7-3-1-5-18(20)26(37)31(15-22(32)33)14-13-23(34)35/h1-12,22H,13-15H2,(H3,28,29)(H,30,36)(H,34,35). The van der Waals surface area contributed by atoms with Gasteiger partial charge in [-0.05, 0) is 36.4 Å². The highest BCUT2D eigenvalue weighted by molar-refractivity contribution is 6.16. The molecule has 0 radical (unpaired) electrons. The number of amidine groups is 1. The monoisotopic (exact) mass is 512 g/mol. The lowest BCUT2D eigenvalue weighted by atomic mass is 10.0. The second-order valence-corrected chi connectivity index (χ2v) is 8.89. The van der Waals surface area contributed by atoms with Crippen LogP contribution in [0.25, 0.3) is 0 Å². The Labute approximate surface area is 217 Å². The SMILES string of the molecule is N=C(N)c1ccc(C(=O)NN2c3ccccc3C(=O)N3c4ccccc4C(=O)N(CCC(=O)O)CC23)cc1. The lowest BCUT2D eigenvalue weighted by molar-refractivity contribution is -0.137. The summed E-state index contributed by atoms with van der Waals surface area (Å²) in [6.45, 7) is -0.124. The number of anilines is 2. The van der Waals surface area contributed by atoms with Gasteiger partial charge in [0, 0.05) is 17.7 Å². The molecule has 11 nitrogen and oxygen atoms in total. The van der Waals surface area contributed by atoms with Crippen molar-refractivity contribution in [2.24, 2.45) is 5.73 Å². The first-order valence-electron chi connectivity index (χ1n) is 11.8. The first-order chi connectivity index (χ1) is 18.3. The summed E-state index contributed by atoms with van der Waals surface area (Å²) in [6.07, 6.45) is -1.14. The van der Waals surface area contributed by atoms with Gasteiger partial charge in [0.25, 0.3) is 17.7 Å². The molecule has 11 heteroatoms. The van der Waals surface area contributed by atoms with E-state index < -0.39 is 23.9 Å². The van der Waals surface area contributed by atoms with Crippen molar-refractivity contribution in [1.29, 1.82) is 5.41 Å². The molecule has 3 amide bonds. The van der Waals surface area contributed by atoms with Gasteiger partial charge in [0.2, 0.25) is 0 Å². The maximum absolute atomic E-state index is 13.8. The molecule has 38 heavy (non-hydrogen) atoms. The Kier molecular flexibility index (Phi) is 6.25. The Morgan fingerprint density at radius 3 is 2.11 bits per heavy atom. The van der Waals surface area contributed by atoms with E-state index in [1.54, 1.807) is 65.7 Å². The topological polar surface area (TPSA) is 160 Å². The number of aliphatic carboxylic acids is 1. The molecular weight excluding hydrogens is 488 g/mol. The summed E-state index contributed by atoms with van der Waals surface area (Å²) in [5.41, 5.74) is 10.6. The van der Waals surface area contributed by atoms with Gasteiger partial charge in [0.1, 0.15) is 12.0 Å². The van der Waals surface area contributed by atoms with Crippen molar-refractivity contribution < 1.29 is 24.3 Å². The molecule has 192 valence electrons. The molecule has 5 rings (SSSR count). The van der Waals surface area contributed by atoms with Crippen LogP contribution in [-0.4, -0.2) is 58.8 Å². The predicted octanol–water partition coefficient (Wildman–Crippen LogP) is 2.04. The fourth-order valence-electron chi connectivity index (χ4n) is 4.69. The van der Waals surface area contributed by atoms with Gasteiger partial charge in [-0.2, -0.15) is 0 Å². The molecule has 2 aliphatic heterocycles. The summed E-state index contributed by atoms with van der Waals surface area (Å²) in [5.74, 6) is -2.41. The van der Waals surface area contributed by atoms with E-state index in [9.17, 15) is 24.3 Å². The highest BCUT2D eigenvalue weighted by Crippen LogP contribution is 2.37. The summed E-state index contributed by atoms with van der Waals surface area (Å²) in [7, 11) is 0. The van der Waals surface area contributed by atoms with Gasteiger partial charge in [-0.15, -0.1) is 0 Å². The molecule has 2 aliphatic rings. The van der Waals surface area contributed by atoms with Crippen molar-refractivity contribution in [2.75, 3.05) is 23.0 Å². The zero-order valence-electron chi connectivity index (χ0n) is 20.1. The number of carbonyl (C=O) groups excluding carboxylic acids is 3. The third-order valence-electron chi connectivity index (χ3n) is 6.55. The number of hydrogen-bond donors (Lipinski definition) is 4. The van der Waals surface area contributed by atoms with Crippen LogP contribution in [0.3, 0.4) is 0 Å².